The van der Waals surface area contributed by atoms with Gasteiger partial charge in [-0.25, -0.2) is 4.39 Å². The third-order valence-electron chi connectivity index (χ3n) is 2.73. The van der Waals surface area contributed by atoms with Crippen molar-refractivity contribution in [2.75, 3.05) is 6.54 Å². The summed E-state index contributed by atoms with van der Waals surface area (Å²) in [6, 6.07) is 5.58. The van der Waals surface area contributed by atoms with Crippen molar-refractivity contribution >= 4 is 5.91 Å². The number of amides is 1. The maximum Gasteiger partial charge on any atom is 0.251 e. The van der Waals surface area contributed by atoms with E-state index in [9.17, 15) is 9.18 Å². The molecule has 0 bridgehead atoms. The van der Waals surface area contributed by atoms with Gasteiger partial charge in [0.15, 0.2) is 0 Å². The summed E-state index contributed by atoms with van der Waals surface area (Å²) in [6.07, 6.45) is 2.09. The Balaban J connectivity index is 2.38. The van der Waals surface area contributed by atoms with E-state index in [1.54, 1.807) is 0 Å². The van der Waals surface area contributed by atoms with E-state index in [4.69, 9.17) is 0 Å². The molecule has 1 unspecified atom stereocenters. The summed E-state index contributed by atoms with van der Waals surface area (Å²) < 4.78 is 12.6. The molecule has 0 aromatic heterocycles. The van der Waals surface area contributed by atoms with Gasteiger partial charge < -0.3 is 5.32 Å². The molecule has 0 radical (unpaired) electrons. The second kappa shape index (κ2) is 6.26. The van der Waals surface area contributed by atoms with Crippen molar-refractivity contribution in [2.45, 2.75) is 26.7 Å². The molecule has 3 heteroatoms. The minimum Gasteiger partial charge on any atom is -0.352 e. The predicted octanol–water partition coefficient (Wildman–Crippen LogP) is 2.99. The monoisotopic (exact) mass is 223 g/mol. The van der Waals surface area contributed by atoms with Gasteiger partial charge in [0.25, 0.3) is 5.91 Å². The highest BCUT2D eigenvalue weighted by Gasteiger charge is 2.05. The summed E-state index contributed by atoms with van der Waals surface area (Å²) in [6.45, 7) is 4.96. The SMILES string of the molecule is CCC(C)CCNC(=O)c1ccc(F)cc1. The molecule has 0 heterocycles. The van der Waals surface area contributed by atoms with E-state index in [0.717, 1.165) is 12.8 Å². The number of benzene rings is 1. The number of halogens is 1. The van der Waals surface area contributed by atoms with Crippen LogP contribution in [0.1, 0.15) is 37.0 Å². The molecule has 0 saturated carbocycles. The lowest BCUT2D eigenvalue weighted by Crippen LogP contribution is -2.25. The Morgan fingerprint density at radius 2 is 2.00 bits per heavy atom. The Labute approximate surface area is 95.9 Å². The Hall–Kier alpha value is -1.38. The first-order valence-electron chi connectivity index (χ1n) is 5.67. The van der Waals surface area contributed by atoms with E-state index >= 15 is 0 Å². The highest BCUT2D eigenvalue weighted by Crippen LogP contribution is 2.05. The summed E-state index contributed by atoms with van der Waals surface area (Å²) in [4.78, 5) is 11.6. The van der Waals surface area contributed by atoms with Crippen LogP contribution in [0, 0.1) is 11.7 Å². The van der Waals surface area contributed by atoms with E-state index in [0.29, 0.717) is 18.0 Å². The van der Waals surface area contributed by atoms with Crippen LogP contribution in [0.2, 0.25) is 0 Å². The molecule has 0 fully saturated rings. The largest absolute Gasteiger partial charge is 0.352 e. The zero-order valence-electron chi connectivity index (χ0n) is 9.79. The van der Waals surface area contributed by atoms with Crippen molar-refractivity contribution in [3.05, 3.63) is 35.6 Å². The fourth-order valence-corrected chi connectivity index (χ4v) is 1.34. The van der Waals surface area contributed by atoms with Crippen molar-refractivity contribution in [3.8, 4) is 0 Å². The van der Waals surface area contributed by atoms with Crippen LogP contribution >= 0.6 is 0 Å². The van der Waals surface area contributed by atoms with Gasteiger partial charge >= 0.3 is 0 Å². The van der Waals surface area contributed by atoms with Crippen LogP contribution in [0.3, 0.4) is 0 Å². The van der Waals surface area contributed by atoms with Crippen molar-refractivity contribution in [1.29, 1.82) is 0 Å². The molecule has 1 aromatic carbocycles. The molecule has 1 amide bonds. The normalized spacial score (nSPS) is 12.2. The quantitative estimate of drug-likeness (QED) is 0.816. The second-order valence-electron chi connectivity index (χ2n) is 4.06. The number of carbonyl (C=O) groups excluding carboxylic acids is 1. The minimum absolute atomic E-state index is 0.136. The van der Waals surface area contributed by atoms with Crippen LogP contribution in [-0.2, 0) is 0 Å². The van der Waals surface area contributed by atoms with Gasteiger partial charge in [-0.2, -0.15) is 0 Å². The maximum atomic E-state index is 12.6. The molecule has 1 rings (SSSR count). The lowest BCUT2D eigenvalue weighted by molar-refractivity contribution is 0.0951. The summed E-state index contributed by atoms with van der Waals surface area (Å²) in [7, 11) is 0. The number of hydrogen-bond donors (Lipinski definition) is 1. The fourth-order valence-electron chi connectivity index (χ4n) is 1.34. The van der Waals surface area contributed by atoms with Gasteiger partial charge in [-0.3, -0.25) is 4.79 Å². The number of carbonyl (C=O) groups is 1. The summed E-state index contributed by atoms with van der Waals surface area (Å²) in [5.41, 5.74) is 0.505. The Bertz CT molecular complexity index is 334. The second-order valence-corrected chi connectivity index (χ2v) is 4.06. The van der Waals surface area contributed by atoms with Crippen LogP contribution in [0.4, 0.5) is 4.39 Å². The number of rotatable bonds is 5. The van der Waals surface area contributed by atoms with Crippen molar-refractivity contribution in [2.24, 2.45) is 5.92 Å². The van der Waals surface area contributed by atoms with Crippen LogP contribution in [0.15, 0.2) is 24.3 Å². The predicted molar refractivity (Wildman–Crippen MR) is 62.8 cm³/mol. The Morgan fingerprint density at radius 3 is 2.56 bits per heavy atom. The first-order valence-corrected chi connectivity index (χ1v) is 5.67. The average molecular weight is 223 g/mol. The van der Waals surface area contributed by atoms with E-state index in [-0.39, 0.29) is 11.7 Å². The first-order chi connectivity index (χ1) is 7.63. The van der Waals surface area contributed by atoms with Crippen LogP contribution < -0.4 is 5.32 Å². The summed E-state index contributed by atoms with van der Waals surface area (Å²) in [5, 5.41) is 2.82. The molecule has 0 aliphatic heterocycles. The van der Waals surface area contributed by atoms with E-state index < -0.39 is 0 Å². The van der Waals surface area contributed by atoms with Crippen LogP contribution in [0.25, 0.3) is 0 Å². The number of hydrogen-bond acceptors (Lipinski definition) is 1. The van der Waals surface area contributed by atoms with E-state index in [1.165, 1.54) is 24.3 Å². The van der Waals surface area contributed by atoms with Crippen molar-refractivity contribution in [3.63, 3.8) is 0 Å². The molecule has 0 aliphatic rings. The third-order valence-corrected chi connectivity index (χ3v) is 2.73. The molecule has 1 N–H and O–H groups in total. The highest BCUT2D eigenvalue weighted by atomic mass is 19.1. The lowest BCUT2D eigenvalue weighted by atomic mass is 10.1. The van der Waals surface area contributed by atoms with Gasteiger partial charge in [0.05, 0.1) is 0 Å². The molecule has 1 atom stereocenters. The molecule has 0 spiro atoms. The minimum atomic E-state index is -0.323. The molecule has 0 aliphatic carbocycles. The van der Waals surface area contributed by atoms with Crippen molar-refractivity contribution in [1.82, 2.24) is 5.32 Å². The summed E-state index contributed by atoms with van der Waals surface area (Å²) >= 11 is 0. The first kappa shape index (κ1) is 12.7. The van der Waals surface area contributed by atoms with Crippen LogP contribution in [0.5, 0.6) is 0 Å². The molecule has 1 aromatic rings. The van der Waals surface area contributed by atoms with Gasteiger partial charge in [0.2, 0.25) is 0 Å². The Kier molecular flexibility index (Phi) is 4.96. The Morgan fingerprint density at radius 1 is 1.38 bits per heavy atom. The van der Waals surface area contributed by atoms with Gasteiger partial charge in [-0.15, -0.1) is 0 Å². The third kappa shape index (κ3) is 4.01. The molecule has 88 valence electrons. The summed E-state index contributed by atoms with van der Waals surface area (Å²) in [5.74, 6) is 0.160. The maximum absolute atomic E-state index is 12.6. The van der Waals surface area contributed by atoms with E-state index in [1.807, 2.05) is 0 Å². The molecule has 2 nitrogen and oxygen atoms in total. The van der Waals surface area contributed by atoms with Gasteiger partial charge in [0, 0.05) is 12.1 Å². The van der Waals surface area contributed by atoms with Crippen LogP contribution in [-0.4, -0.2) is 12.5 Å². The molecular weight excluding hydrogens is 205 g/mol. The molecular formula is C13H18FNO. The van der Waals surface area contributed by atoms with Gasteiger partial charge in [0.1, 0.15) is 5.82 Å². The number of nitrogens with one attached hydrogen (secondary N) is 1. The van der Waals surface area contributed by atoms with Gasteiger partial charge in [-0.1, -0.05) is 20.3 Å². The fraction of sp³-hybridized carbons (Fsp3) is 0.462. The highest BCUT2D eigenvalue weighted by molar-refractivity contribution is 5.94. The molecule has 16 heavy (non-hydrogen) atoms. The zero-order valence-corrected chi connectivity index (χ0v) is 9.79. The van der Waals surface area contributed by atoms with Crippen molar-refractivity contribution < 1.29 is 9.18 Å². The average Bonchev–Trinajstić information content (AvgIpc) is 2.29. The van der Waals surface area contributed by atoms with Gasteiger partial charge in [-0.05, 0) is 36.6 Å². The molecule has 0 saturated heterocycles. The topological polar surface area (TPSA) is 29.1 Å². The lowest BCUT2D eigenvalue weighted by Gasteiger charge is -2.09. The zero-order chi connectivity index (χ0) is 12.0. The standard InChI is InChI=1S/C13H18FNO/c1-3-10(2)8-9-15-13(16)11-4-6-12(14)7-5-11/h4-7,10H,3,8-9H2,1-2H3,(H,15,16). The smallest absolute Gasteiger partial charge is 0.251 e. The van der Waals surface area contributed by atoms with E-state index in [2.05, 4.69) is 19.2 Å².